The molecule has 116 valence electrons. The van der Waals surface area contributed by atoms with Gasteiger partial charge in [0.2, 0.25) is 0 Å². The fraction of sp³-hybridized carbons (Fsp3) is 0.333. The number of carboxylic acid groups (broad SMARTS) is 1. The number of nitrogens with zero attached hydrogens (tertiary/aromatic N) is 2. The fourth-order valence-electron chi connectivity index (χ4n) is 2.38. The second-order valence-electron chi connectivity index (χ2n) is 5.15. The van der Waals surface area contributed by atoms with Crippen molar-refractivity contribution >= 4 is 44.5 Å². The lowest BCUT2D eigenvalue weighted by Gasteiger charge is -2.24. The lowest BCUT2D eigenvalue weighted by Crippen LogP contribution is -2.55. The van der Waals surface area contributed by atoms with Crippen molar-refractivity contribution in [2.24, 2.45) is 0 Å². The highest BCUT2D eigenvalue weighted by Gasteiger charge is 2.49. The molecule has 1 unspecified atom stereocenters. The number of amides is 1. The maximum Gasteiger partial charge on any atom is 0.330 e. The van der Waals surface area contributed by atoms with Gasteiger partial charge in [0, 0.05) is 5.56 Å². The molecule has 1 aliphatic heterocycles. The molecule has 2 N–H and O–H groups in total. The summed E-state index contributed by atoms with van der Waals surface area (Å²) in [5, 5.41) is 11.7. The highest BCUT2D eigenvalue weighted by molar-refractivity contribution is 7.91. The van der Waals surface area contributed by atoms with Crippen LogP contribution in [0.3, 0.4) is 0 Å². The van der Waals surface area contributed by atoms with Gasteiger partial charge in [0.05, 0.1) is 23.2 Å². The summed E-state index contributed by atoms with van der Waals surface area (Å²) in [6, 6.07) is 4.60. The monoisotopic (exact) mass is 341 g/mol. The summed E-state index contributed by atoms with van der Waals surface area (Å²) in [5.74, 6) is -2.84. The van der Waals surface area contributed by atoms with E-state index in [1.807, 2.05) is 0 Å². The summed E-state index contributed by atoms with van der Waals surface area (Å²) in [6.45, 7) is 0. The van der Waals surface area contributed by atoms with Crippen LogP contribution in [0.15, 0.2) is 18.2 Å². The Morgan fingerprint density at radius 2 is 2.00 bits per heavy atom. The van der Waals surface area contributed by atoms with Crippen LogP contribution in [-0.4, -0.2) is 51.2 Å². The van der Waals surface area contributed by atoms with Crippen LogP contribution in [0.4, 0.5) is 0 Å². The largest absolute Gasteiger partial charge is 0.479 e. The number of carboxylic acids is 1. The van der Waals surface area contributed by atoms with Crippen LogP contribution in [-0.2, 0) is 14.6 Å². The highest BCUT2D eigenvalue weighted by atomic mass is 32.2. The molecule has 22 heavy (non-hydrogen) atoms. The Kier molecular flexibility index (Phi) is 3.37. The van der Waals surface area contributed by atoms with Gasteiger partial charge in [0.15, 0.2) is 15.4 Å². The summed E-state index contributed by atoms with van der Waals surface area (Å²) in [7, 11) is -3.47. The van der Waals surface area contributed by atoms with E-state index < -0.39 is 33.0 Å². The number of rotatable bonds is 3. The number of hydrogen-bond acceptors (Lipinski definition) is 7. The van der Waals surface area contributed by atoms with E-state index in [-0.39, 0.29) is 17.7 Å². The molecule has 1 atom stereocenters. The van der Waals surface area contributed by atoms with Crippen molar-refractivity contribution in [2.75, 3.05) is 11.5 Å². The van der Waals surface area contributed by atoms with Gasteiger partial charge in [-0.1, -0.05) is 0 Å². The molecule has 8 nitrogen and oxygen atoms in total. The topological polar surface area (TPSA) is 126 Å². The van der Waals surface area contributed by atoms with Gasteiger partial charge in [-0.05, 0) is 24.6 Å². The summed E-state index contributed by atoms with van der Waals surface area (Å²) in [6.07, 6.45) is -0.142. The third-order valence-corrected chi connectivity index (χ3v) is 5.90. The quantitative estimate of drug-likeness (QED) is 0.808. The molecule has 1 aliphatic rings. The predicted octanol–water partition coefficient (Wildman–Crippen LogP) is 0.0630. The van der Waals surface area contributed by atoms with Gasteiger partial charge in [-0.25, -0.2) is 13.2 Å². The summed E-state index contributed by atoms with van der Waals surface area (Å²) in [5.41, 5.74) is -0.394. The lowest BCUT2D eigenvalue weighted by molar-refractivity contribution is -0.143. The first-order valence-corrected chi connectivity index (χ1v) is 8.85. The molecule has 1 fully saturated rings. The Bertz CT molecular complexity index is 876. The first kappa shape index (κ1) is 14.9. The van der Waals surface area contributed by atoms with Gasteiger partial charge in [-0.3, -0.25) is 4.79 Å². The zero-order chi connectivity index (χ0) is 16.0. The number of hydrogen-bond donors (Lipinski definition) is 2. The van der Waals surface area contributed by atoms with E-state index in [0.29, 0.717) is 11.0 Å². The molecular weight excluding hydrogens is 330 g/mol. The molecule has 1 aromatic carbocycles. The van der Waals surface area contributed by atoms with Gasteiger partial charge >= 0.3 is 5.97 Å². The van der Waals surface area contributed by atoms with Crippen LogP contribution in [0.1, 0.15) is 16.8 Å². The molecule has 0 bridgehead atoms. The number of benzene rings is 1. The molecule has 1 amide bonds. The Balaban J connectivity index is 1.90. The van der Waals surface area contributed by atoms with E-state index in [1.165, 1.54) is 12.1 Å². The van der Waals surface area contributed by atoms with Crippen molar-refractivity contribution < 1.29 is 23.1 Å². The van der Waals surface area contributed by atoms with Crippen LogP contribution in [0.5, 0.6) is 0 Å². The molecule has 0 radical (unpaired) electrons. The minimum atomic E-state index is -3.47. The maximum atomic E-state index is 12.3. The van der Waals surface area contributed by atoms with E-state index in [1.54, 1.807) is 6.07 Å². The van der Waals surface area contributed by atoms with Crippen molar-refractivity contribution in [1.82, 2.24) is 14.1 Å². The molecule has 0 spiro atoms. The lowest BCUT2D eigenvalue weighted by atomic mass is 9.98. The van der Waals surface area contributed by atoms with Gasteiger partial charge in [0.25, 0.3) is 5.91 Å². The van der Waals surface area contributed by atoms with Crippen LogP contribution in [0, 0.1) is 0 Å². The number of carbonyl (C=O) groups excluding carboxylic acids is 1. The number of carbonyl (C=O) groups is 2. The average molecular weight is 341 g/mol. The second kappa shape index (κ2) is 4.99. The molecule has 1 aromatic heterocycles. The van der Waals surface area contributed by atoms with Crippen LogP contribution >= 0.6 is 11.7 Å². The van der Waals surface area contributed by atoms with E-state index in [0.717, 1.165) is 11.7 Å². The van der Waals surface area contributed by atoms with Gasteiger partial charge in [0.1, 0.15) is 11.0 Å². The third-order valence-electron chi connectivity index (χ3n) is 3.58. The molecule has 0 saturated carbocycles. The van der Waals surface area contributed by atoms with Crippen LogP contribution in [0.2, 0.25) is 0 Å². The van der Waals surface area contributed by atoms with Crippen LogP contribution in [0.25, 0.3) is 11.0 Å². The molecule has 10 heteroatoms. The average Bonchev–Trinajstić information content (AvgIpc) is 3.02. The normalized spacial score (nSPS) is 23.5. The smallest absolute Gasteiger partial charge is 0.330 e. The van der Waals surface area contributed by atoms with Crippen molar-refractivity contribution in [2.45, 2.75) is 12.0 Å². The van der Waals surface area contributed by atoms with E-state index in [4.69, 9.17) is 0 Å². The Hall–Kier alpha value is -2.07. The maximum absolute atomic E-state index is 12.3. The SMILES string of the molecule is O=C(NC1(C(=O)O)CCS(=O)(=O)C1)c1ccc2nsnc2c1. The zero-order valence-electron chi connectivity index (χ0n) is 11.1. The minimum Gasteiger partial charge on any atom is -0.479 e. The molecular formula is C12H11N3O5S2. The summed E-state index contributed by atoms with van der Waals surface area (Å²) < 4.78 is 31.2. The van der Waals surface area contributed by atoms with Gasteiger partial charge < -0.3 is 10.4 Å². The number of aliphatic carboxylic acids is 1. The van der Waals surface area contributed by atoms with Crippen molar-refractivity contribution in [3.05, 3.63) is 23.8 Å². The fourth-order valence-corrected chi connectivity index (χ4v) is 4.80. The van der Waals surface area contributed by atoms with Gasteiger partial charge in [-0.15, -0.1) is 0 Å². The first-order valence-electron chi connectivity index (χ1n) is 6.30. The predicted molar refractivity (Wildman–Crippen MR) is 78.5 cm³/mol. The number of nitrogens with one attached hydrogen (secondary N) is 1. The molecule has 2 aromatic rings. The summed E-state index contributed by atoms with van der Waals surface area (Å²) in [4.78, 5) is 23.7. The Morgan fingerprint density at radius 3 is 2.64 bits per heavy atom. The first-order chi connectivity index (χ1) is 10.3. The molecule has 2 heterocycles. The standard InChI is InChI=1S/C12H11N3O5S2/c16-10(7-1-2-8-9(5-7)15-21-14-8)13-12(11(17)18)3-4-22(19,20)6-12/h1-2,5H,3-4,6H2,(H,13,16)(H,17,18). The second-order valence-corrected chi connectivity index (χ2v) is 7.86. The van der Waals surface area contributed by atoms with Crippen LogP contribution < -0.4 is 5.32 Å². The third kappa shape index (κ3) is 2.55. The van der Waals surface area contributed by atoms with E-state index >= 15 is 0 Å². The van der Waals surface area contributed by atoms with Crippen molar-refractivity contribution in [3.63, 3.8) is 0 Å². The molecule has 1 saturated heterocycles. The number of sulfone groups is 1. The van der Waals surface area contributed by atoms with E-state index in [9.17, 15) is 23.1 Å². The highest BCUT2D eigenvalue weighted by Crippen LogP contribution is 2.25. The summed E-state index contributed by atoms with van der Waals surface area (Å²) >= 11 is 1.00. The van der Waals surface area contributed by atoms with Crippen molar-refractivity contribution in [3.8, 4) is 0 Å². The molecule has 0 aliphatic carbocycles. The van der Waals surface area contributed by atoms with Gasteiger partial charge in [-0.2, -0.15) is 8.75 Å². The number of aromatic nitrogens is 2. The Labute approximate surface area is 129 Å². The Morgan fingerprint density at radius 1 is 1.27 bits per heavy atom. The minimum absolute atomic E-state index is 0.142. The van der Waals surface area contributed by atoms with Crippen molar-refractivity contribution in [1.29, 1.82) is 0 Å². The molecule has 3 rings (SSSR count). The number of fused-ring (bicyclic) bond motifs is 1. The van der Waals surface area contributed by atoms with E-state index in [2.05, 4.69) is 14.1 Å². The zero-order valence-corrected chi connectivity index (χ0v) is 12.8.